The van der Waals surface area contributed by atoms with Crippen LogP contribution in [0.4, 0.5) is 0 Å². The van der Waals surface area contributed by atoms with Gasteiger partial charge in [0.1, 0.15) is 42.0 Å². The number of aliphatic carboxylic acids is 1. The van der Waals surface area contributed by atoms with Gasteiger partial charge in [0.15, 0.2) is 5.96 Å². The topological polar surface area (TPSA) is 356 Å². The minimum Gasteiger partial charge on any atom is -0.508 e. The maximum Gasteiger partial charge on any atom is 0.326 e. The molecule has 15 N–H and O–H groups in total. The maximum atomic E-state index is 14.6. The number of carbonyl (C=O) groups excluding carboxylic acids is 6. The van der Waals surface area contributed by atoms with Crippen molar-refractivity contribution in [1.82, 2.24) is 51.8 Å². The van der Waals surface area contributed by atoms with Crippen molar-refractivity contribution in [3.8, 4) is 5.75 Å². The molecular weight excluding hydrogens is 903 g/mol. The number of carboxylic acid groups (broad SMARTS) is 1. The number of aromatic amines is 2. The van der Waals surface area contributed by atoms with Crippen LogP contribution in [0.3, 0.4) is 0 Å². The number of rotatable bonds is 25. The van der Waals surface area contributed by atoms with Crippen LogP contribution in [0.25, 0.3) is 10.9 Å². The summed E-state index contributed by atoms with van der Waals surface area (Å²) >= 11 is 0. The van der Waals surface area contributed by atoms with E-state index >= 15 is 0 Å². The van der Waals surface area contributed by atoms with Gasteiger partial charge in [0, 0.05) is 55.6 Å². The lowest BCUT2D eigenvalue weighted by Gasteiger charge is -2.32. The van der Waals surface area contributed by atoms with E-state index in [1.807, 2.05) is 31.2 Å². The molecule has 5 rings (SSSR count). The van der Waals surface area contributed by atoms with Crippen molar-refractivity contribution < 1.29 is 43.8 Å². The second-order valence-electron chi connectivity index (χ2n) is 18.1. The Morgan fingerprint density at radius 3 is 2.19 bits per heavy atom. The number of likely N-dealkylation sites (tertiary alicyclic amines) is 1. The monoisotopic (exact) mass is 970 g/mol. The molecule has 0 aliphatic carbocycles. The molecule has 0 bridgehead atoms. The molecule has 0 spiro atoms. The fraction of sp³-hybridized carbons (Fsp3) is 0.479. The molecular formula is C48H67N13O9. The number of imidazole rings is 1. The number of carboxylic acids is 1. The first-order valence-corrected chi connectivity index (χ1v) is 23.6. The lowest BCUT2D eigenvalue weighted by atomic mass is 9.96. The zero-order chi connectivity index (χ0) is 51.1. The zero-order valence-corrected chi connectivity index (χ0v) is 39.9. The Morgan fingerprint density at radius 2 is 1.53 bits per heavy atom. The van der Waals surface area contributed by atoms with Crippen molar-refractivity contribution in [3.63, 3.8) is 0 Å². The van der Waals surface area contributed by atoms with Gasteiger partial charge in [-0.3, -0.25) is 34.2 Å². The molecule has 22 nitrogen and oxygen atoms in total. The molecule has 1 aliphatic rings. The SMILES string of the molecule is CC[C@H](C)[C@H](NC(=O)[C@H](Cc1ccc(O)cc1)NC(=O)[C@@H](NC(=O)[C@@H](N)CCCNC(=N)N)C(C)C)C(=O)N[C@@H](Cc1c[nH]cn1)C(=O)N1CCC[C@H]1C(=O)N[C@@H](Cc1c[nH]c2ccccc12)C(=O)O. The highest BCUT2D eigenvalue weighted by Gasteiger charge is 2.41. The summed E-state index contributed by atoms with van der Waals surface area (Å²) in [5.74, 6) is -6.51. The molecule has 1 saturated heterocycles. The van der Waals surface area contributed by atoms with E-state index in [9.17, 15) is 43.8 Å². The normalized spacial score (nSPS) is 16.5. The summed E-state index contributed by atoms with van der Waals surface area (Å²) in [4.78, 5) is 109. The van der Waals surface area contributed by atoms with Gasteiger partial charge in [-0.15, -0.1) is 0 Å². The molecule has 2 aromatic heterocycles. The second-order valence-corrected chi connectivity index (χ2v) is 18.1. The van der Waals surface area contributed by atoms with E-state index < -0.39 is 95.5 Å². The fourth-order valence-corrected chi connectivity index (χ4v) is 8.33. The Hall–Kier alpha value is -7.49. The summed E-state index contributed by atoms with van der Waals surface area (Å²) in [5, 5.41) is 44.6. The van der Waals surface area contributed by atoms with Gasteiger partial charge in [-0.2, -0.15) is 0 Å². The average Bonchev–Trinajstić information content (AvgIpc) is 4.13. The number of phenols is 1. The minimum atomic E-state index is -1.31. The first-order chi connectivity index (χ1) is 33.4. The van der Waals surface area contributed by atoms with Gasteiger partial charge in [0.2, 0.25) is 35.4 Å². The number of aromatic hydroxyl groups is 1. The number of H-pyrrole nitrogens is 2. The van der Waals surface area contributed by atoms with Gasteiger partial charge in [0.25, 0.3) is 0 Å². The van der Waals surface area contributed by atoms with E-state index in [0.29, 0.717) is 42.6 Å². The first kappa shape index (κ1) is 53.5. The van der Waals surface area contributed by atoms with Gasteiger partial charge in [0.05, 0.1) is 18.1 Å². The van der Waals surface area contributed by atoms with Crippen LogP contribution >= 0.6 is 0 Å². The van der Waals surface area contributed by atoms with Crippen LogP contribution in [0, 0.1) is 17.2 Å². The van der Waals surface area contributed by atoms with Crippen molar-refractivity contribution in [1.29, 1.82) is 5.41 Å². The van der Waals surface area contributed by atoms with Crippen LogP contribution < -0.4 is 43.4 Å². The van der Waals surface area contributed by atoms with Crippen molar-refractivity contribution in [2.45, 2.75) is 121 Å². The number of nitrogens with one attached hydrogen (secondary N) is 9. The molecule has 1 aliphatic heterocycles. The van der Waals surface area contributed by atoms with Crippen LogP contribution in [0.5, 0.6) is 5.75 Å². The van der Waals surface area contributed by atoms with Crippen LogP contribution in [0.2, 0.25) is 0 Å². The number of para-hydroxylation sites is 1. The predicted molar refractivity (Wildman–Crippen MR) is 260 cm³/mol. The summed E-state index contributed by atoms with van der Waals surface area (Å²) in [6, 6.07) is 5.07. The smallest absolute Gasteiger partial charge is 0.326 e. The number of aromatic nitrogens is 3. The highest BCUT2D eigenvalue weighted by Crippen LogP contribution is 2.23. The lowest BCUT2D eigenvalue weighted by Crippen LogP contribution is -2.61. The van der Waals surface area contributed by atoms with Crippen molar-refractivity contribution >= 4 is 58.3 Å². The van der Waals surface area contributed by atoms with Crippen molar-refractivity contribution in [2.24, 2.45) is 23.3 Å². The third-order valence-electron chi connectivity index (χ3n) is 12.5. The predicted octanol–water partition coefficient (Wildman–Crippen LogP) is 0.417. The van der Waals surface area contributed by atoms with Crippen LogP contribution in [0.15, 0.2) is 67.3 Å². The molecule has 6 amide bonds. The van der Waals surface area contributed by atoms with Crippen molar-refractivity contribution in [2.75, 3.05) is 13.1 Å². The quantitative estimate of drug-likeness (QED) is 0.0244. The summed E-state index contributed by atoms with van der Waals surface area (Å²) in [6.45, 7) is 7.44. The Morgan fingerprint density at radius 1 is 0.843 bits per heavy atom. The minimum absolute atomic E-state index is 0.0155. The third-order valence-corrected chi connectivity index (χ3v) is 12.5. The standard InChI is InChI=1S/C48H67N13O9/c1-5-27(4)40(60-42(64)35(20-28-14-16-31(62)17-15-28)56-44(66)39(26(2)3)59-41(63)33(49)11-8-18-53-48(50)51)45(67)57-36(22-30-24-52-25-55-30)46(68)61-19-9-13-38(61)43(65)58-37(47(69)70)21-29-23-54-34-12-7-6-10-32(29)34/h6-7,10,12,14-17,23-27,33,35-40,54,62H,5,8-9,11,13,18-22,49H2,1-4H3,(H,52,55)(H,56,66)(H,57,67)(H,58,65)(H,59,63)(H,60,64)(H,69,70)(H4,50,51,53)/t27-,33-,35-,36-,37-,38-,39-,40-/m0/s1. The van der Waals surface area contributed by atoms with Crippen LogP contribution in [0.1, 0.15) is 76.6 Å². The van der Waals surface area contributed by atoms with Crippen molar-refractivity contribution in [3.05, 3.63) is 84.1 Å². The Labute approximate surface area is 405 Å². The lowest BCUT2D eigenvalue weighted by molar-refractivity contribution is -0.145. The number of amides is 6. The Balaban J connectivity index is 1.33. The molecule has 0 unspecified atom stereocenters. The van der Waals surface area contributed by atoms with Gasteiger partial charge in [-0.05, 0) is 66.8 Å². The molecule has 0 saturated carbocycles. The number of benzene rings is 2. The zero-order valence-electron chi connectivity index (χ0n) is 39.9. The van der Waals surface area contributed by atoms with E-state index in [2.05, 4.69) is 46.9 Å². The number of fused-ring (bicyclic) bond motifs is 1. The second kappa shape index (κ2) is 25.2. The summed E-state index contributed by atoms with van der Waals surface area (Å²) in [5.41, 5.74) is 13.9. The fourth-order valence-electron chi connectivity index (χ4n) is 8.33. The van der Waals surface area contributed by atoms with E-state index in [1.165, 1.54) is 23.4 Å². The van der Waals surface area contributed by atoms with Gasteiger partial charge < -0.3 is 68.4 Å². The molecule has 2 aromatic carbocycles. The molecule has 22 heteroatoms. The highest BCUT2D eigenvalue weighted by atomic mass is 16.4. The van der Waals surface area contributed by atoms with E-state index in [4.69, 9.17) is 16.9 Å². The van der Waals surface area contributed by atoms with Gasteiger partial charge in [-0.1, -0.05) is 64.4 Å². The number of hydrogen-bond donors (Lipinski definition) is 13. The number of hydrogen-bond acceptors (Lipinski definition) is 11. The summed E-state index contributed by atoms with van der Waals surface area (Å²) < 4.78 is 0. The largest absolute Gasteiger partial charge is 0.508 e. The molecule has 4 aromatic rings. The van der Waals surface area contributed by atoms with Crippen LogP contribution in [-0.4, -0.2) is 133 Å². The summed E-state index contributed by atoms with van der Waals surface area (Å²) in [6.07, 6.45) is 6.19. The Kier molecular flexibility index (Phi) is 19.3. The summed E-state index contributed by atoms with van der Waals surface area (Å²) in [7, 11) is 0. The molecule has 8 atom stereocenters. The number of nitrogens with two attached hydrogens (primary N) is 2. The third kappa shape index (κ3) is 14.8. The Bertz CT molecular complexity index is 2440. The van der Waals surface area contributed by atoms with E-state index in [-0.39, 0.29) is 50.4 Å². The molecule has 3 heterocycles. The molecule has 0 radical (unpaired) electrons. The number of guanidine groups is 1. The van der Waals surface area contributed by atoms with Crippen LogP contribution in [-0.2, 0) is 52.8 Å². The first-order valence-electron chi connectivity index (χ1n) is 23.6. The average molecular weight is 970 g/mol. The molecule has 70 heavy (non-hydrogen) atoms. The van der Waals surface area contributed by atoms with Gasteiger partial charge in [-0.25, -0.2) is 9.78 Å². The van der Waals surface area contributed by atoms with E-state index in [1.54, 1.807) is 45.3 Å². The molecule has 1 fully saturated rings. The highest BCUT2D eigenvalue weighted by molar-refractivity contribution is 5.98. The maximum absolute atomic E-state index is 14.6. The number of phenolic OH excluding ortho intramolecular Hbond substituents is 1. The number of carbonyl (C=O) groups is 7. The van der Waals surface area contributed by atoms with Gasteiger partial charge >= 0.3 is 5.97 Å². The molecule has 378 valence electrons. The van der Waals surface area contributed by atoms with E-state index in [0.717, 1.165) is 10.9 Å². The number of nitrogens with zero attached hydrogens (tertiary/aromatic N) is 2.